The Kier molecular flexibility index (Phi) is 4.56. The lowest BCUT2D eigenvalue weighted by atomic mass is 10.2. The average Bonchev–Trinajstić information content (AvgIpc) is 2.25. The highest BCUT2D eigenvalue weighted by Crippen LogP contribution is 2.07. The van der Waals surface area contributed by atoms with Crippen LogP contribution in [0.15, 0.2) is 24.3 Å². The van der Waals surface area contributed by atoms with Crippen molar-refractivity contribution in [2.24, 2.45) is 0 Å². The minimum atomic E-state index is -0.290. The van der Waals surface area contributed by atoms with E-state index in [1.54, 1.807) is 17.0 Å². The van der Waals surface area contributed by atoms with Crippen LogP contribution in [-0.2, 0) is 11.3 Å². The van der Waals surface area contributed by atoms with Gasteiger partial charge in [0.05, 0.1) is 0 Å². The van der Waals surface area contributed by atoms with Gasteiger partial charge < -0.3 is 4.90 Å². The highest BCUT2D eigenvalue weighted by atomic mass is 35.5. The number of carbonyl (C=O) groups is 1. The van der Waals surface area contributed by atoms with Crippen molar-refractivity contribution < 1.29 is 9.18 Å². The van der Waals surface area contributed by atoms with Gasteiger partial charge in [0.1, 0.15) is 11.7 Å². The molecule has 0 bridgehead atoms. The fourth-order valence-corrected chi connectivity index (χ4v) is 1.49. The van der Waals surface area contributed by atoms with E-state index >= 15 is 0 Å². The molecule has 4 heteroatoms. The number of halogens is 2. The maximum atomic E-state index is 12.9. The standard InChI is InChI=1S/C11H13ClFNO/c1-2-14(11(15)7-12)8-9-4-3-5-10(13)6-9/h3-6H,2,7-8H2,1H3. The summed E-state index contributed by atoms with van der Waals surface area (Å²) in [5, 5.41) is 0. The Bertz CT molecular complexity index is 343. The van der Waals surface area contributed by atoms with Gasteiger partial charge in [0.25, 0.3) is 0 Å². The molecule has 0 aromatic heterocycles. The van der Waals surface area contributed by atoms with Gasteiger partial charge in [-0.25, -0.2) is 4.39 Å². The number of hydrogen-bond donors (Lipinski definition) is 0. The minimum absolute atomic E-state index is 0.0385. The summed E-state index contributed by atoms with van der Waals surface area (Å²) in [6, 6.07) is 6.21. The van der Waals surface area contributed by atoms with Gasteiger partial charge in [-0.15, -0.1) is 11.6 Å². The first-order valence-corrected chi connectivity index (χ1v) is 5.29. The van der Waals surface area contributed by atoms with E-state index in [0.29, 0.717) is 13.1 Å². The Labute approximate surface area is 93.6 Å². The van der Waals surface area contributed by atoms with E-state index in [4.69, 9.17) is 11.6 Å². The molecular weight excluding hydrogens is 217 g/mol. The van der Waals surface area contributed by atoms with Gasteiger partial charge >= 0.3 is 0 Å². The first-order chi connectivity index (χ1) is 7.17. The highest BCUT2D eigenvalue weighted by Gasteiger charge is 2.10. The van der Waals surface area contributed by atoms with Crippen molar-refractivity contribution in [1.82, 2.24) is 4.90 Å². The molecule has 82 valence electrons. The monoisotopic (exact) mass is 229 g/mol. The molecule has 0 fully saturated rings. The molecule has 1 rings (SSSR count). The summed E-state index contributed by atoms with van der Waals surface area (Å²) in [6.07, 6.45) is 0. The third kappa shape index (κ3) is 3.51. The Morgan fingerprint density at radius 1 is 1.53 bits per heavy atom. The van der Waals surface area contributed by atoms with Crippen LogP contribution in [0.4, 0.5) is 4.39 Å². The van der Waals surface area contributed by atoms with Gasteiger partial charge in [-0.3, -0.25) is 4.79 Å². The predicted octanol–water partition coefficient (Wildman–Crippen LogP) is 2.41. The van der Waals surface area contributed by atoms with E-state index in [9.17, 15) is 9.18 Å². The summed E-state index contributed by atoms with van der Waals surface area (Å²) in [6.45, 7) is 2.84. The van der Waals surface area contributed by atoms with Crippen molar-refractivity contribution >= 4 is 17.5 Å². The molecule has 0 atom stereocenters. The number of hydrogen-bond acceptors (Lipinski definition) is 1. The van der Waals surface area contributed by atoms with Crippen LogP contribution in [0.25, 0.3) is 0 Å². The van der Waals surface area contributed by atoms with Crippen molar-refractivity contribution in [2.45, 2.75) is 13.5 Å². The molecule has 0 aliphatic rings. The second-order valence-electron chi connectivity index (χ2n) is 3.17. The predicted molar refractivity (Wildman–Crippen MR) is 58.2 cm³/mol. The summed E-state index contributed by atoms with van der Waals surface area (Å²) >= 11 is 5.46. The Morgan fingerprint density at radius 2 is 2.27 bits per heavy atom. The molecule has 1 aromatic carbocycles. The van der Waals surface area contributed by atoms with Gasteiger partial charge in [0, 0.05) is 13.1 Å². The van der Waals surface area contributed by atoms with Crippen molar-refractivity contribution in [3.63, 3.8) is 0 Å². The molecule has 2 nitrogen and oxygen atoms in total. The molecule has 1 amide bonds. The number of nitrogens with zero attached hydrogens (tertiary/aromatic N) is 1. The maximum absolute atomic E-state index is 12.9. The van der Waals surface area contributed by atoms with Crippen molar-refractivity contribution in [3.8, 4) is 0 Å². The zero-order valence-corrected chi connectivity index (χ0v) is 9.30. The molecule has 0 heterocycles. The fraction of sp³-hybridized carbons (Fsp3) is 0.364. The van der Waals surface area contributed by atoms with Crippen LogP contribution in [-0.4, -0.2) is 23.2 Å². The first-order valence-electron chi connectivity index (χ1n) is 4.75. The third-order valence-electron chi connectivity index (χ3n) is 2.11. The van der Waals surface area contributed by atoms with Crippen LogP contribution >= 0.6 is 11.6 Å². The SMILES string of the molecule is CCN(Cc1cccc(F)c1)C(=O)CCl. The molecule has 0 spiro atoms. The molecule has 0 aliphatic carbocycles. The summed E-state index contributed by atoms with van der Waals surface area (Å²) in [5.41, 5.74) is 0.773. The van der Waals surface area contributed by atoms with E-state index in [1.165, 1.54) is 12.1 Å². The average molecular weight is 230 g/mol. The van der Waals surface area contributed by atoms with Crippen LogP contribution in [0, 0.1) is 5.82 Å². The Hall–Kier alpha value is -1.09. The summed E-state index contributed by atoms with van der Waals surface area (Å²) in [5.74, 6) is -0.464. The fourth-order valence-electron chi connectivity index (χ4n) is 1.32. The van der Waals surface area contributed by atoms with E-state index in [2.05, 4.69) is 0 Å². The zero-order valence-electron chi connectivity index (χ0n) is 8.54. The smallest absolute Gasteiger partial charge is 0.237 e. The number of amides is 1. The molecule has 0 saturated heterocycles. The van der Waals surface area contributed by atoms with Gasteiger partial charge in [-0.05, 0) is 24.6 Å². The van der Waals surface area contributed by atoms with Gasteiger partial charge in [-0.2, -0.15) is 0 Å². The maximum Gasteiger partial charge on any atom is 0.237 e. The topological polar surface area (TPSA) is 20.3 Å². The summed E-state index contributed by atoms with van der Waals surface area (Å²) < 4.78 is 12.9. The quantitative estimate of drug-likeness (QED) is 0.727. The molecule has 15 heavy (non-hydrogen) atoms. The summed E-state index contributed by atoms with van der Waals surface area (Å²) in [4.78, 5) is 12.9. The van der Waals surface area contributed by atoms with Crippen molar-refractivity contribution in [2.75, 3.05) is 12.4 Å². The van der Waals surface area contributed by atoms with Gasteiger partial charge in [-0.1, -0.05) is 12.1 Å². The van der Waals surface area contributed by atoms with E-state index < -0.39 is 0 Å². The zero-order chi connectivity index (χ0) is 11.3. The van der Waals surface area contributed by atoms with Crippen LogP contribution in [0.3, 0.4) is 0 Å². The molecule has 0 unspecified atom stereocenters. The lowest BCUT2D eigenvalue weighted by Crippen LogP contribution is -2.31. The van der Waals surface area contributed by atoms with E-state index in [0.717, 1.165) is 5.56 Å². The van der Waals surface area contributed by atoms with E-state index in [-0.39, 0.29) is 17.6 Å². The Morgan fingerprint density at radius 3 is 2.80 bits per heavy atom. The molecular formula is C11H13ClFNO. The normalized spacial score (nSPS) is 10.1. The second-order valence-corrected chi connectivity index (χ2v) is 3.44. The first kappa shape index (κ1) is 12.0. The summed E-state index contributed by atoms with van der Waals surface area (Å²) in [7, 11) is 0. The lowest BCUT2D eigenvalue weighted by Gasteiger charge is -2.19. The van der Waals surface area contributed by atoms with Crippen LogP contribution in [0.5, 0.6) is 0 Å². The van der Waals surface area contributed by atoms with Crippen LogP contribution in [0.1, 0.15) is 12.5 Å². The van der Waals surface area contributed by atoms with Crippen LogP contribution in [0.2, 0.25) is 0 Å². The lowest BCUT2D eigenvalue weighted by molar-refractivity contribution is -0.128. The number of benzene rings is 1. The highest BCUT2D eigenvalue weighted by molar-refractivity contribution is 6.27. The third-order valence-corrected chi connectivity index (χ3v) is 2.34. The van der Waals surface area contributed by atoms with Crippen molar-refractivity contribution in [1.29, 1.82) is 0 Å². The number of rotatable bonds is 4. The number of alkyl halides is 1. The van der Waals surface area contributed by atoms with Crippen LogP contribution < -0.4 is 0 Å². The van der Waals surface area contributed by atoms with Gasteiger partial charge in [0.15, 0.2) is 0 Å². The largest absolute Gasteiger partial charge is 0.338 e. The molecule has 1 aromatic rings. The second kappa shape index (κ2) is 5.71. The molecule has 0 radical (unpaired) electrons. The molecule has 0 N–H and O–H groups in total. The van der Waals surface area contributed by atoms with Crippen molar-refractivity contribution in [3.05, 3.63) is 35.6 Å². The van der Waals surface area contributed by atoms with E-state index in [1.807, 2.05) is 6.92 Å². The Balaban J connectivity index is 2.70. The minimum Gasteiger partial charge on any atom is -0.338 e. The van der Waals surface area contributed by atoms with Gasteiger partial charge in [0.2, 0.25) is 5.91 Å². The number of carbonyl (C=O) groups excluding carboxylic acids is 1. The molecule has 0 aliphatic heterocycles. The molecule has 0 saturated carbocycles.